The average molecular weight is 254 g/mol. The SMILES string of the molecule is CCNCc1sc(C2CCCC2)nc1COC. The lowest BCUT2D eigenvalue weighted by molar-refractivity contribution is 0.181. The summed E-state index contributed by atoms with van der Waals surface area (Å²) < 4.78 is 5.24. The lowest BCUT2D eigenvalue weighted by Gasteiger charge is -2.02. The van der Waals surface area contributed by atoms with Crippen molar-refractivity contribution < 1.29 is 4.74 Å². The Kier molecular flexibility index (Phi) is 4.95. The number of rotatable bonds is 6. The molecule has 0 aromatic carbocycles. The van der Waals surface area contributed by atoms with E-state index in [1.54, 1.807) is 7.11 Å². The maximum Gasteiger partial charge on any atom is 0.0963 e. The van der Waals surface area contributed by atoms with Gasteiger partial charge in [-0.1, -0.05) is 19.8 Å². The third kappa shape index (κ3) is 3.27. The molecule has 0 unspecified atom stereocenters. The van der Waals surface area contributed by atoms with E-state index in [-0.39, 0.29) is 0 Å². The zero-order valence-corrected chi connectivity index (χ0v) is 11.6. The van der Waals surface area contributed by atoms with Crippen LogP contribution in [0.5, 0.6) is 0 Å². The van der Waals surface area contributed by atoms with Crippen LogP contribution in [0, 0.1) is 0 Å². The normalized spacial score (nSPS) is 16.8. The molecule has 3 nitrogen and oxygen atoms in total. The van der Waals surface area contributed by atoms with Crippen LogP contribution in [0.15, 0.2) is 0 Å². The summed E-state index contributed by atoms with van der Waals surface area (Å²) in [4.78, 5) is 6.15. The van der Waals surface area contributed by atoms with Crippen LogP contribution in [0.1, 0.15) is 54.1 Å². The highest BCUT2D eigenvalue weighted by Gasteiger charge is 2.22. The molecule has 96 valence electrons. The average Bonchev–Trinajstić information content (AvgIpc) is 2.95. The fourth-order valence-corrected chi connectivity index (χ4v) is 3.58. The number of aromatic nitrogens is 1. The number of thiazole rings is 1. The number of nitrogens with zero attached hydrogens (tertiary/aromatic N) is 1. The molecule has 17 heavy (non-hydrogen) atoms. The van der Waals surface area contributed by atoms with Crippen molar-refractivity contribution in [2.45, 2.75) is 51.7 Å². The summed E-state index contributed by atoms with van der Waals surface area (Å²) in [6, 6.07) is 0. The Hall–Kier alpha value is -0.450. The van der Waals surface area contributed by atoms with E-state index in [0.717, 1.165) is 18.8 Å². The van der Waals surface area contributed by atoms with Gasteiger partial charge in [-0.15, -0.1) is 11.3 Å². The Morgan fingerprint density at radius 1 is 1.41 bits per heavy atom. The molecule has 1 saturated carbocycles. The Morgan fingerprint density at radius 3 is 2.82 bits per heavy atom. The molecule has 1 aliphatic carbocycles. The van der Waals surface area contributed by atoms with Crippen molar-refractivity contribution >= 4 is 11.3 Å². The van der Waals surface area contributed by atoms with E-state index in [2.05, 4.69) is 12.2 Å². The molecule has 1 aromatic rings. The van der Waals surface area contributed by atoms with Crippen molar-refractivity contribution in [1.82, 2.24) is 10.3 Å². The number of methoxy groups -OCH3 is 1. The van der Waals surface area contributed by atoms with Crippen LogP contribution in [0.3, 0.4) is 0 Å². The van der Waals surface area contributed by atoms with E-state index in [4.69, 9.17) is 9.72 Å². The van der Waals surface area contributed by atoms with Gasteiger partial charge in [0.1, 0.15) is 0 Å². The summed E-state index contributed by atoms with van der Waals surface area (Å²) in [7, 11) is 1.74. The topological polar surface area (TPSA) is 34.2 Å². The molecule has 0 radical (unpaired) electrons. The summed E-state index contributed by atoms with van der Waals surface area (Å²) in [6.45, 7) is 4.71. The lowest BCUT2D eigenvalue weighted by Crippen LogP contribution is -2.12. The van der Waals surface area contributed by atoms with E-state index >= 15 is 0 Å². The summed E-state index contributed by atoms with van der Waals surface area (Å²) in [5.41, 5.74) is 1.14. The number of hydrogen-bond donors (Lipinski definition) is 1. The predicted octanol–water partition coefficient (Wildman–Crippen LogP) is 3.06. The predicted molar refractivity (Wildman–Crippen MR) is 71.4 cm³/mol. The Balaban J connectivity index is 2.11. The van der Waals surface area contributed by atoms with Crippen molar-refractivity contribution in [3.8, 4) is 0 Å². The molecule has 0 atom stereocenters. The molecule has 0 aliphatic heterocycles. The van der Waals surface area contributed by atoms with Gasteiger partial charge in [-0.3, -0.25) is 0 Å². The van der Waals surface area contributed by atoms with Gasteiger partial charge in [0.2, 0.25) is 0 Å². The second-order valence-electron chi connectivity index (χ2n) is 4.62. The molecule has 0 spiro atoms. The largest absolute Gasteiger partial charge is 0.378 e. The van der Waals surface area contributed by atoms with Crippen LogP contribution in [0.2, 0.25) is 0 Å². The van der Waals surface area contributed by atoms with E-state index < -0.39 is 0 Å². The van der Waals surface area contributed by atoms with Gasteiger partial charge in [0.05, 0.1) is 17.3 Å². The van der Waals surface area contributed by atoms with Crippen molar-refractivity contribution in [2.24, 2.45) is 0 Å². The molecule has 1 heterocycles. The standard InChI is InChI=1S/C13H22N2OS/c1-3-14-8-12-11(9-16-2)15-13(17-12)10-6-4-5-7-10/h10,14H,3-9H2,1-2H3. The first-order valence-corrected chi connectivity index (χ1v) is 7.35. The molecule has 1 N–H and O–H groups in total. The number of hydrogen-bond acceptors (Lipinski definition) is 4. The minimum absolute atomic E-state index is 0.643. The number of ether oxygens (including phenoxy) is 1. The molecular formula is C13H22N2OS. The van der Waals surface area contributed by atoms with Crippen LogP contribution in [0.4, 0.5) is 0 Å². The Bertz CT molecular complexity index is 345. The van der Waals surface area contributed by atoms with Crippen LogP contribution in [0.25, 0.3) is 0 Å². The van der Waals surface area contributed by atoms with Crippen LogP contribution < -0.4 is 5.32 Å². The summed E-state index contributed by atoms with van der Waals surface area (Å²) in [5.74, 6) is 0.714. The monoisotopic (exact) mass is 254 g/mol. The maximum absolute atomic E-state index is 5.24. The lowest BCUT2D eigenvalue weighted by atomic mass is 10.1. The molecule has 0 amide bonds. The van der Waals surface area contributed by atoms with Crippen LogP contribution in [-0.4, -0.2) is 18.6 Å². The zero-order chi connectivity index (χ0) is 12.1. The van der Waals surface area contributed by atoms with Gasteiger partial charge in [0.15, 0.2) is 0 Å². The van der Waals surface area contributed by atoms with Gasteiger partial charge in [-0.25, -0.2) is 4.98 Å². The van der Waals surface area contributed by atoms with Crippen molar-refractivity contribution in [2.75, 3.05) is 13.7 Å². The molecular weight excluding hydrogens is 232 g/mol. The second kappa shape index (κ2) is 6.47. The van der Waals surface area contributed by atoms with E-state index in [9.17, 15) is 0 Å². The van der Waals surface area contributed by atoms with Crippen molar-refractivity contribution in [3.05, 3.63) is 15.6 Å². The molecule has 1 fully saturated rings. The first-order valence-electron chi connectivity index (χ1n) is 6.53. The number of nitrogens with one attached hydrogen (secondary N) is 1. The molecule has 4 heteroatoms. The van der Waals surface area contributed by atoms with E-state index in [1.807, 2.05) is 11.3 Å². The Morgan fingerprint density at radius 2 is 2.18 bits per heavy atom. The van der Waals surface area contributed by atoms with Crippen LogP contribution >= 0.6 is 11.3 Å². The minimum atomic E-state index is 0.643. The van der Waals surface area contributed by atoms with Crippen molar-refractivity contribution in [3.63, 3.8) is 0 Å². The highest BCUT2D eigenvalue weighted by Crippen LogP contribution is 2.37. The third-order valence-corrected chi connectivity index (χ3v) is 4.58. The smallest absolute Gasteiger partial charge is 0.0963 e. The summed E-state index contributed by atoms with van der Waals surface area (Å²) in [5, 5.41) is 4.72. The zero-order valence-electron chi connectivity index (χ0n) is 10.8. The van der Waals surface area contributed by atoms with Gasteiger partial charge in [-0.05, 0) is 19.4 Å². The fourth-order valence-electron chi connectivity index (χ4n) is 2.38. The van der Waals surface area contributed by atoms with Gasteiger partial charge in [0.25, 0.3) is 0 Å². The van der Waals surface area contributed by atoms with Gasteiger partial charge in [-0.2, -0.15) is 0 Å². The highest BCUT2D eigenvalue weighted by molar-refractivity contribution is 7.11. The quantitative estimate of drug-likeness (QED) is 0.847. The maximum atomic E-state index is 5.24. The van der Waals surface area contributed by atoms with Gasteiger partial charge >= 0.3 is 0 Å². The first kappa shape index (κ1) is 13.0. The molecule has 0 bridgehead atoms. The second-order valence-corrected chi connectivity index (χ2v) is 5.73. The molecule has 0 saturated heterocycles. The first-order chi connectivity index (χ1) is 8.35. The Labute approximate surface area is 108 Å². The van der Waals surface area contributed by atoms with Gasteiger partial charge < -0.3 is 10.1 Å². The van der Waals surface area contributed by atoms with Crippen LogP contribution in [-0.2, 0) is 17.9 Å². The fraction of sp³-hybridized carbons (Fsp3) is 0.769. The van der Waals surface area contributed by atoms with Crippen molar-refractivity contribution in [1.29, 1.82) is 0 Å². The summed E-state index contributed by atoms with van der Waals surface area (Å²) >= 11 is 1.88. The van der Waals surface area contributed by atoms with E-state index in [1.165, 1.54) is 35.6 Å². The minimum Gasteiger partial charge on any atom is -0.378 e. The van der Waals surface area contributed by atoms with E-state index in [0.29, 0.717) is 12.5 Å². The highest BCUT2D eigenvalue weighted by atomic mass is 32.1. The molecule has 2 rings (SSSR count). The molecule has 1 aliphatic rings. The summed E-state index contributed by atoms with van der Waals surface area (Å²) in [6.07, 6.45) is 5.37. The molecule has 1 aromatic heterocycles. The third-order valence-electron chi connectivity index (χ3n) is 3.32. The van der Waals surface area contributed by atoms with Gasteiger partial charge in [0, 0.05) is 24.4 Å².